The number of benzene rings is 2. The summed E-state index contributed by atoms with van der Waals surface area (Å²) in [4.78, 5) is 34.0. The number of esters is 1. The summed E-state index contributed by atoms with van der Waals surface area (Å²) in [6.07, 6.45) is 0. The Kier molecular flexibility index (Phi) is 5.91. The summed E-state index contributed by atoms with van der Waals surface area (Å²) in [5.74, 6) is -1.08. The normalized spacial score (nSPS) is 10.0. The van der Waals surface area contributed by atoms with Gasteiger partial charge in [-0.1, -0.05) is 17.7 Å². The number of nitrogens with one attached hydrogen (secondary N) is 1. The van der Waals surface area contributed by atoms with Crippen molar-refractivity contribution in [2.24, 2.45) is 0 Å². The van der Waals surface area contributed by atoms with E-state index in [1.807, 2.05) is 0 Å². The Morgan fingerprint density at radius 3 is 2.68 bits per heavy atom. The smallest absolute Gasteiger partial charge is 0.345 e. The zero-order valence-electron chi connectivity index (χ0n) is 13.0. The van der Waals surface area contributed by atoms with Crippen LogP contribution in [0.4, 0.5) is 11.4 Å². The minimum Gasteiger partial charge on any atom is -0.497 e. The molecule has 0 aliphatic heterocycles. The lowest BCUT2D eigenvalue weighted by Gasteiger charge is -2.08. The van der Waals surface area contributed by atoms with Crippen molar-refractivity contribution in [1.82, 2.24) is 0 Å². The molecule has 9 heteroatoms. The molecule has 130 valence electrons. The molecule has 0 aliphatic carbocycles. The molecule has 2 aromatic rings. The van der Waals surface area contributed by atoms with Crippen LogP contribution in [0.15, 0.2) is 42.5 Å². The van der Waals surface area contributed by atoms with Crippen LogP contribution in [0.5, 0.6) is 5.75 Å². The van der Waals surface area contributed by atoms with Crippen LogP contribution in [0.1, 0.15) is 10.4 Å². The third kappa shape index (κ3) is 4.92. The number of hydrogen-bond acceptors (Lipinski definition) is 6. The van der Waals surface area contributed by atoms with Gasteiger partial charge >= 0.3 is 5.97 Å². The molecule has 0 unspecified atom stereocenters. The summed E-state index contributed by atoms with van der Waals surface area (Å²) in [6, 6.07) is 10.1. The topological polar surface area (TPSA) is 108 Å². The quantitative estimate of drug-likeness (QED) is 0.479. The second kappa shape index (κ2) is 8.11. The summed E-state index contributed by atoms with van der Waals surface area (Å²) in [5, 5.41) is 13.6. The molecule has 0 radical (unpaired) electrons. The molecule has 1 amide bonds. The number of methoxy groups -OCH3 is 1. The Hall–Kier alpha value is -3.13. The fourth-order valence-corrected chi connectivity index (χ4v) is 2.11. The standard InChI is InChI=1S/C16H13ClN2O6/c1-24-12-4-2-3-11(8-12)18-15(20)9-25-16(21)13-7-10(17)5-6-14(13)19(22)23/h2-8H,9H2,1H3,(H,18,20). The van der Waals surface area contributed by atoms with Crippen molar-refractivity contribution >= 4 is 34.9 Å². The van der Waals surface area contributed by atoms with Crippen LogP contribution in [0.2, 0.25) is 5.02 Å². The maximum Gasteiger partial charge on any atom is 0.345 e. The molecule has 0 saturated carbocycles. The Labute approximate surface area is 147 Å². The van der Waals surface area contributed by atoms with Gasteiger partial charge in [-0.15, -0.1) is 0 Å². The molecular formula is C16H13ClN2O6. The van der Waals surface area contributed by atoms with Gasteiger partial charge in [0, 0.05) is 22.8 Å². The molecule has 25 heavy (non-hydrogen) atoms. The zero-order chi connectivity index (χ0) is 18.4. The summed E-state index contributed by atoms with van der Waals surface area (Å²) in [5.41, 5.74) is -0.330. The fourth-order valence-electron chi connectivity index (χ4n) is 1.94. The number of halogens is 1. The van der Waals surface area contributed by atoms with Crippen molar-refractivity contribution in [1.29, 1.82) is 0 Å². The van der Waals surface area contributed by atoms with Gasteiger partial charge in [0.2, 0.25) is 0 Å². The molecule has 0 aliphatic rings. The van der Waals surface area contributed by atoms with E-state index < -0.39 is 29.1 Å². The van der Waals surface area contributed by atoms with Crippen molar-refractivity contribution in [3.63, 3.8) is 0 Å². The molecule has 2 rings (SSSR count). The number of carbonyl (C=O) groups excluding carboxylic acids is 2. The fraction of sp³-hybridized carbons (Fsp3) is 0.125. The SMILES string of the molecule is COc1cccc(NC(=O)COC(=O)c2cc(Cl)ccc2[N+](=O)[O-])c1. The van der Waals surface area contributed by atoms with Crippen molar-refractivity contribution in [2.75, 3.05) is 19.0 Å². The molecule has 0 aromatic heterocycles. The van der Waals surface area contributed by atoms with Crippen LogP contribution < -0.4 is 10.1 Å². The summed E-state index contributed by atoms with van der Waals surface area (Å²) >= 11 is 5.74. The summed E-state index contributed by atoms with van der Waals surface area (Å²) in [7, 11) is 1.49. The first-order valence-electron chi connectivity index (χ1n) is 6.95. The van der Waals surface area contributed by atoms with Gasteiger partial charge < -0.3 is 14.8 Å². The van der Waals surface area contributed by atoms with E-state index in [1.165, 1.54) is 13.2 Å². The molecule has 2 aromatic carbocycles. The minimum atomic E-state index is -1.02. The largest absolute Gasteiger partial charge is 0.497 e. The van der Waals surface area contributed by atoms with Crippen LogP contribution >= 0.6 is 11.6 Å². The van der Waals surface area contributed by atoms with E-state index in [4.69, 9.17) is 21.1 Å². The lowest BCUT2D eigenvalue weighted by Crippen LogP contribution is -2.21. The van der Waals surface area contributed by atoms with Crippen molar-refractivity contribution in [3.8, 4) is 5.75 Å². The average molecular weight is 365 g/mol. The number of rotatable bonds is 6. The van der Waals surface area contributed by atoms with Gasteiger partial charge in [0.15, 0.2) is 6.61 Å². The lowest BCUT2D eigenvalue weighted by molar-refractivity contribution is -0.385. The number of carbonyl (C=O) groups is 2. The Balaban J connectivity index is 2.01. The van der Waals surface area contributed by atoms with E-state index in [1.54, 1.807) is 24.3 Å². The van der Waals surface area contributed by atoms with Crippen LogP contribution in [-0.4, -0.2) is 30.5 Å². The van der Waals surface area contributed by atoms with E-state index in [0.717, 1.165) is 12.1 Å². The second-order valence-corrected chi connectivity index (χ2v) is 5.21. The minimum absolute atomic E-state index is 0.137. The number of nitro groups is 1. The molecule has 0 heterocycles. The molecule has 1 N–H and O–H groups in total. The monoisotopic (exact) mass is 364 g/mol. The Bertz CT molecular complexity index is 824. The van der Waals surface area contributed by atoms with Crippen LogP contribution in [0.25, 0.3) is 0 Å². The molecule has 0 atom stereocenters. The van der Waals surface area contributed by atoms with Crippen LogP contribution in [0, 0.1) is 10.1 Å². The van der Waals surface area contributed by atoms with E-state index in [0.29, 0.717) is 11.4 Å². The van der Waals surface area contributed by atoms with Crippen LogP contribution in [-0.2, 0) is 9.53 Å². The number of amides is 1. The predicted octanol–water partition coefficient (Wildman–Crippen LogP) is 3.05. The molecule has 0 saturated heterocycles. The molecule has 0 bridgehead atoms. The highest BCUT2D eigenvalue weighted by molar-refractivity contribution is 6.31. The third-order valence-electron chi connectivity index (χ3n) is 3.06. The highest BCUT2D eigenvalue weighted by Gasteiger charge is 2.22. The van der Waals surface area contributed by atoms with Crippen molar-refractivity contribution in [3.05, 3.63) is 63.2 Å². The number of nitrogens with zero attached hydrogens (tertiary/aromatic N) is 1. The van der Waals surface area contributed by atoms with E-state index in [9.17, 15) is 19.7 Å². The van der Waals surface area contributed by atoms with Gasteiger partial charge in [0.05, 0.1) is 12.0 Å². The van der Waals surface area contributed by atoms with Gasteiger partial charge in [0.1, 0.15) is 11.3 Å². The van der Waals surface area contributed by atoms with Gasteiger partial charge in [0.25, 0.3) is 11.6 Å². The number of ether oxygens (including phenoxy) is 2. The van der Waals surface area contributed by atoms with Gasteiger partial charge in [-0.2, -0.15) is 0 Å². The van der Waals surface area contributed by atoms with E-state index in [2.05, 4.69) is 5.32 Å². The maximum absolute atomic E-state index is 12.0. The first-order valence-corrected chi connectivity index (χ1v) is 7.33. The molecule has 8 nitrogen and oxygen atoms in total. The maximum atomic E-state index is 12.0. The molecule has 0 fully saturated rings. The van der Waals surface area contributed by atoms with Gasteiger partial charge in [-0.3, -0.25) is 14.9 Å². The number of anilines is 1. The van der Waals surface area contributed by atoms with E-state index >= 15 is 0 Å². The van der Waals surface area contributed by atoms with Crippen molar-refractivity contribution < 1.29 is 24.0 Å². The molecule has 0 spiro atoms. The van der Waals surface area contributed by atoms with Crippen molar-refractivity contribution in [2.45, 2.75) is 0 Å². The average Bonchev–Trinajstić information content (AvgIpc) is 2.59. The molecular weight excluding hydrogens is 352 g/mol. The van der Waals surface area contributed by atoms with Crippen LogP contribution in [0.3, 0.4) is 0 Å². The first-order chi connectivity index (χ1) is 11.9. The first kappa shape index (κ1) is 18.2. The number of hydrogen-bond donors (Lipinski definition) is 1. The lowest BCUT2D eigenvalue weighted by atomic mass is 10.2. The summed E-state index contributed by atoms with van der Waals surface area (Å²) < 4.78 is 9.85. The number of nitro benzene ring substituents is 1. The van der Waals surface area contributed by atoms with E-state index in [-0.39, 0.29) is 10.6 Å². The van der Waals surface area contributed by atoms with Gasteiger partial charge in [-0.05, 0) is 24.3 Å². The zero-order valence-corrected chi connectivity index (χ0v) is 13.8. The highest BCUT2D eigenvalue weighted by atomic mass is 35.5. The highest BCUT2D eigenvalue weighted by Crippen LogP contribution is 2.23. The predicted molar refractivity (Wildman–Crippen MR) is 90.0 cm³/mol. The van der Waals surface area contributed by atoms with Gasteiger partial charge in [-0.25, -0.2) is 4.79 Å². The second-order valence-electron chi connectivity index (χ2n) is 4.77. The summed E-state index contributed by atoms with van der Waals surface area (Å²) in [6.45, 7) is -0.611. The third-order valence-corrected chi connectivity index (χ3v) is 3.30. The Morgan fingerprint density at radius 1 is 1.24 bits per heavy atom. The Morgan fingerprint density at radius 2 is 2.00 bits per heavy atom.